The second-order valence-electron chi connectivity index (χ2n) is 7.45. The Morgan fingerprint density at radius 2 is 2.08 bits per heavy atom. The molecule has 0 aromatic heterocycles. The molecule has 3 aliphatic rings. The van der Waals surface area contributed by atoms with Gasteiger partial charge in [-0.05, 0) is 56.7 Å². The number of carbonyl (C=O) groups is 1. The molecule has 1 fully saturated rings. The summed E-state index contributed by atoms with van der Waals surface area (Å²) in [7, 11) is 1.77. The molecule has 1 unspecified atom stereocenters. The van der Waals surface area contributed by atoms with E-state index in [2.05, 4.69) is 39.4 Å². The largest absolute Gasteiger partial charge is 0.465 e. The average Bonchev–Trinajstić information content (AvgIpc) is 3.05. The Bertz CT molecular complexity index is 827. The molecule has 2 N–H and O–H groups in total. The van der Waals surface area contributed by atoms with E-state index in [0.29, 0.717) is 11.5 Å². The van der Waals surface area contributed by atoms with Gasteiger partial charge in [-0.25, -0.2) is 9.79 Å². The molecule has 1 aromatic rings. The van der Waals surface area contributed by atoms with Crippen LogP contribution in [0.3, 0.4) is 0 Å². The number of rotatable bonds is 1. The lowest BCUT2D eigenvalue weighted by Gasteiger charge is -2.44. The van der Waals surface area contributed by atoms with E-state index >= 15 is 0 Å². The highest BCUT2D eigenvalue weighted by Gasteiger charge is 2.60. The van der Waals surface area contributed by atoms with Gasteiger partial charge in [0.2, 0.25) is 0 Å². The first kappa shape index (κ1) is 17.7. The topological polar surface area (TPSA) is 83.3 Å². The molecule has 1 heterocycles. The lowest BCUT2D eigenvalue weighted by atomic mass is 9.65. The zero-order valence-electron chi connectivity index (χ0n) is 14.9. The zero-order valence-corrected chi connectivity index (χ0v) is 16.5. The van der Waals surface area contributed by atoms with Crippen LogP contribution in [0.4, 0.5) is 4.79 Å². The van der Waals surface area contributed by atoms with Crippen molar-refractivity contribution in [1.29, 1.82) is 0 Å². The number of ether oxygens (including phenoxy) is 1. The summed E-state index contributed by atoms with van der Waals surface area (Å²) in [6.07, 6.45) is 3.93. The highest BCUT2D eigenvalue weighted by atomic mass is 79.9. The second kappa shape index (κ2) is 6.16. The lowest BCUT2D eigenvalue weighted by Crippen LogP contribution is -2.43. The fourth-order valence-corrected chi connectivity index (χ4v) is 5.21. The number of fused-ring (bicyclic) bond motifs is 3. The molecule has 1 saturated carbocycles. The Morgan fingerprint density at radius 3 is 2.73 bits per heavy atom. The fourth-order valence-electron chi connectivity index (χ4n) is 4.85. The second-order valence-corrected chi connectivity index (χ2v) is 8.37. The van der Waals surface area contributed by atoms with Crippen LogP contribution in [0.2, 0.25) is 0 Å². The number of hydrogen-bond donors (Lipinski definition) is 2. The summed E-state index contributed by atoms with van der Waals surface area (Å²) in [6.45, 7) is 1.83. The Kier molecular flexibility index (Phi) is 4.19. The van der Waals surface area contributed by atoms with Gasteiger partial charge in [0.15, 0.2) is 11.5 Å². The Balaban J connectivity index is 1.85. The summed E-state index contributed by atoms with van der Waals surface area (Å²) in [5.74, 6) is 0.360. The van der Waals surface area contributed by atoms with Gasteiger partial charge in [-0.15, -0.1) is 0 Å². The van der Waals surface area contributed by atoms with Gasteiger partial charge in [-0.2, -0.15) is 0 Å². The van der Waals surface area contributed by atoms with Crippen LogP contribution in [0, 0.1) is 5.41 Å². The molecule has 138 valence electrons. The maximum atomic E-state index is 11.2. The summed E-state index contributed by atoms with van der Waals surface area (Å²) < 4.78 is 6.55. The van der Waals surface area contributed by atoms with Crippen molar-refractivity contribution in [3.05, 3.63) is 33.8 Å². The predicted octanol–water partition coefficient (Wildman–Crippen LogP) is 3.87. The van der Waals surface area contributed by atoms with E-state index < -0.39 is 11.8 Å². The maximum absolute atomic E-state index is 11.2. The van der Waals surface area contributed by atoms with Gasteiger partial charge in [-0.3, -0.25) is 10.3 Å². The molecule has 1 atom stereocenters. The van der Waals surface area contributed by atoms with Gasteiger partial charge in [-0.1, -0.05) is 22.0 Å². The molecule has 2 spiro atoms. The predicted molar refractivity (Wildman–Crippen MR) is 103 cm³/mol. The molecule has 7 heteroatoms. The van der Waals surface area contributed by atoms with E-state index in [-0.39, 0.29) is 11.5 Å². The summed E-state index contributed by atoms with van der Waals surface area (Å²) in [5.41, 5.74) is 2.11. The number of carboxylic acid groups (broad SMARTS) is 1. The molecule has 1 amide bonds. The Labute approximate surface area is 160 Å². The third-order valence-electron chi connectivity index (χ3n) is 6.11. The maximum Gasteiger partial charge on any atom is 0.410 e. The van der Waals surface area contributed by atoms with Crippen LogP contribution in [0.25, 0.3) is 0 Å². The molecular formula is C19H22BrN3O3. The van der Waals surface area contributed by atoms with Gasteiger partial charge < -0.3 is 9.84 Å². The summed E-state index contributed by atoms with van der Waals surface area (Å²) >= 11 is 3.57. The third kappa shape index (κ3) is 2.52. The van der Waals surface area contributed by atoms with Gasteiger partial charge >= 0.3 is 6.09 Å². The molecular weight excluding hydrogens is 398 g/mol. The van der Waals surface area contributed by atoms with E-state index in [9.17, 15) is 4.79 Å². The summed E-state index contributed by atoms with van der Waals surface area (Å²) in [5, 5.41) is 11.6. The summed E-state index contributed by atoms with van der Waals surface area (Å²) in [6, 6.07) is 6.29. The first-order valence-corrected chi connectivity index (χ1v) is 9.67. The van der Waals surface area contributed by atoms with Crippen LogP contribution >= 0.6 is 15.9 Å². The van der Waals surface area contributed by atoms with E-state index in [4.69, 9.17) is 19.8 Å². The van der Waals surface area contributed by atoms with Crippen molar-refractivity contribution in [1.82, 2.24) is 5.32 Å². The Morgan fingerprint density at radius 1 is 1.35 bits per heavy atom. The molecule has 6 nitrogen and oxygen atoms in total. The number of amides is 1. The minimum Gasteiger partial charge on any atom is -0.465 e. The standard InChI is InChI=1S/C19H22BrN3O3/c1-11-16(21-17(24)25)23-19(22-11)15-9-13(20)4-3-12(15)10-18(19)7-5-14(26-2)6-8-18/h3-4,9,14H,5-8,10H2,1-2H3,(H,21,23)(H,24,25)/t14-,18-,19?. The quantitative estimate of drug-likeness (QED) is 0.724. The van der Waals surface area contributed by atoms with E-state index in [1.54, 1.807) is 7.11 Å². The molecule has 0 radical (unpaired) electrons. The average molecular weight is 420 g/mol. The van der Waals surface area contributed by atoms with Gasteiger partial charge in [0.05, 0.1) is 11.8 Å². The van der Waals surface area contributed by atoms with Crippen LogP contribution in [-0.4, -0.2) is 36.0 Å². The SMILES string of the molecule is CO[C@H]1CC[C@]2(CC1)Cc1ccc(Br)cc1C21N=C(C)C(NC(=O)O)=N1. The molecule has 2 aliphatic carbocycles. The molecule has 0 bridgehead atoms. The zero-order chi connectivity index (χ0) is 18.5. The summed E-state index contributed by atoms with van der Waals surface area (Å²) in [4.78, 5) is 21.1. The molecule has 1 aromatic carbocycles. The highest BCUT2D eigenvalue weighted by Crippen LogP contribution is 2.62. The van der Waals surface area contributed by atoms with Gasteiger partial charge in [0, 0.05) is 22.6 Å². The van der Waals surface area contributed by atoms with Crippen LogP contribution in [-0.2, 0) is 16.8 Å². The van der Waals surface area contributed by atoms with Gasteiger partial charge in [0.1, 0.15) is 0 Å². The fraction of sp³-hybridized carbons (Fsp3) is 0.526. The Hall–Kier alpha value is -1.73. The number of benzene rings is 1. The smallest absolute Gasteiger partial charge is 0.410 e. The van der Waals surface area contributed by atoms with E-state index in [1.807, 2.05) is 6.92 Å². The number of hydrogen-bond acceptors (Lipinski definition) is 4. The molecule has 0 saturated heterocycles. The van der Waals surface area contributed by atoms with Gasteiger partial charge in [0.25, 0.3) is 0 Å². The van der Waals surface area contributed by atoms with Crippen LogP contribution in [0.5, 0.6) is 0 Å². The van der Waals surface area contributed by atoms with Crippen molar-refractivity contribution in [2.24, 2.45) is 15.4 Å². The number of halogens is 1. The first-order chi connectivity index (χ1) is 12.4. The lowest BCUT2D eigenvalue weighted by molar-refractivity contribution is -0.000406. The molecule has 4 rings (SSSR count). The van der Waals surface area contributed by atoms with Crippen molar-refractivity contribution in [2.45, 2.75) is 50.8 Å². The monoisotopic (exact) mass is 419 g/mol. The van der Waals surface area contributed by atoms with E-state index in [1.165, 1.54) is 5.56 Å². The number of aliphatic imine (C=N–C) groups is 2. The van der Waals surface area contributed by atoms with Crippen molar-refractivity contribution in [3.63, 3.8) is 0 Å². The van der Waals surface area contributed by atoms with E-state index in [0.717, 1.165) is 42.1 Å². The van der Waals surface area contributed by atoms with Crippen molar-refractivity contribution in [3.8, 4) is 0 Å². The minimum atomic E-state index is -1.11. The normalized spacial score (nSPS) is 32.5. The van der Waals surface area contributed by atoms with Crippen molar-refractivity contribution in [2.75, 3.05) is 7.11 Å². The minimum absolute atomic E-state index is 0.131. The first-order valence-electron chi connectivity index (χ1n) is 8.87. The number of nitrogens with one attached hydrogen (secondary N) is 1. The third-order valence-corrected chi connectivity index (χ3v) is 6.60. The molecule has 26 heavy (non-hydrogen) atoms. The number of nitrogens with zero attached hydrogens (tertiary/aromatic N) is 2. The van der Waals surface area contributed by atoms with Crippen molar-refractivity contribution < 1.29 is 14.6 Å². The molecule has 1 aliphatic heterocycles. The highest BCUT2D eigenvalue weighted by molar-refractivity contribution is 9.10. The number of amidine groups is 1. The van der Waals surface area contributed by atoms with Crippen LogP contribution < -0.4 is 5.32 Å². The van der Waals surface area contributed by atoms with Crippen molar-refractivity contribution >= 4 is 33.6 Å². The van der Waals surface area contributed by atoms with Crippen LogP contribution in [0.1, 0.15) is 43.7 Å². The number of methoxy groups -OCH3 is 1. The van der Waals surface area contributed by atoms with Crippen LogP contribution in [0.15, 0.2) is 32.7 Å².